The summed E-state index contributed by atoms with van der Waals surface area (Å²) < 4.78 is 12.9. The van der Waals surface area contributed by atoms with Crippen LogP contribution >= 0.6 is 11.6 Å². The molecule has 2 rings (SSSR count). The van der Waals surface area contributed by atoms with Crippen molar-refractivity contribution in [1.82, 2.24) is 0 Å². The van der Waals surface area contributed by atoms with E-state index in [1.165, 1.54) is 30.3 Å². The third-order valence-electron chi connectivity index (χ3n) is 2.54. The molecule has 0 spiro atoms. The molecule has 0 aliphatic rings. The van der Waals surface area contributed by atoms with Crippen LogP contribution in [-0.4, -0.2) is 4.92 Å². The first-order valence-electron chi connectivity index (χ1n) is 5.48. The zero-order valence-corrected chi connectivity index (χ0v) is 10.5. The second-order valence-corrected chi connectivity index (χ2v) is 4.31. The fourth-order valence-electron chi connectivity index (χ4n) is 1.61. The molecule has 2 aromatic carbocycles. The molecule has 1 N–H and O–H groups in total. The number of nitro groups is 1. The van der Waals surface area contributed by atoms with E-state index in [1.54, 1.807) is 12.1 Å². The van der Waals surface area contributed by atoms with Crippen molar-refractivity contribution in [3.05, 3.63) is 69.0 Å². The number of non-ortho nitro benzene ring substituents is 1. The Morgan fingerprint density at radius 2 is 2.05 bits per heavy atom. The third kappa shape index (κ3) is 3.42. The largest absolute Gasteiger partial charge is 0.380 e. The Hall–Kier alpha value is -2.14. The number of nitro benzene ring substituents is 1. The first-order chi connectivity index (χ1) is 9.06. The first kappa shape index (κ1) is 13.3. The Kier molecular flexibility index (Phi) is 3.97. The molecule has 0 radical (unpaired) electrons. The van der Waals surface area contributed by atoms with Gasteiger partial charge in [-0.3, -0.25) is 10.1 Å². The number of anilines is 1. The number of hydrogen-bond acceptors (Lipinski definition) is 3. The maximum atomic E-state index is 12.9. The highest BCUT2D eigenvalue weighted by Gasteiger charge is 2.06. The van der Waals surface area contributed by atoms with Crippen LogP contribution in [0.3, 0.4) is 0 Å². The normalized spacial score (nSPS) is 10.2. The summed E-state index contributed by atoms with van der Waals surface area (Å²) in [7, 11) is 0. The second-order valence-electron chi connectivity index (χ2n) is 3.90. The van der Waals surface area contributed by atoms with E-state index in [0.717, 1.165) is 5.56 Å². The maximum Gasteiger partial charge on any atom is 0.269 e. The second kappa shape index (κ2) is 5.67. The molecule has 2 aromatic rings. The topological polar surface area (TPSA) is 55.2 Å². The highest BCUT2D eigenvalue weighted by molar-refractivity contribution is 6.33. The number of hydrogen-bond donors (Lipinski definition) is 1. The molecule has 0 amide bonds. The number of halogens is 2. The SMILES string of the molecule is O=[N+]([O-])c1cccc(CNc2ccc(F)cc2Cl)c1. The Bertz CT molecular complexity index is 619. The fraction of sp³-hybridized carbons (Fsp3) is 0.0769. The first-order valence-corrected chi connectivity index (χ1v) is 5.86. The standard InChI is InChI=1S/C13H10ClFN2O2/c14-12-7-10(15)4-5-13(12)16-8-9-2-1-3-11(6-9)17(18)19/h1-7,16H,8H2. The Morgan fingerprint density at radius 1 is 1.26 bits per heavy atom. The lowest BCUT2D eigenvalue weighted by Gasteiger charge is -2.08. The van der Waals surface area contributed by atoms with Crippen molar-refractivity contribution in [3.63, 3.8) is 0 Å². The molecule has 0 saturated heterocycles. The molecule has 0 aromatic heterocycles. The summed E-state index contributed by atoms with van der Waals surface area (Å²) in [6.07, 6.45) is 0. The van der Waals surface area contributed by atoms with E-state index in [4.69, 9.17) is 11.6 Å². The number of nitrogens with zero attached hydrogens (tertiary/aromatic N) is 1. The van der Waals surface area contributed by atoms with Gasteiger partial charge in [-0.2, -0.15) is 0 Å². The molecule has 0 saturated carbocycles. The molecule has 0 heterocycles. The van der Waals surface area contributed by atoms with Crippen LogP contribution < -0.4 is 5.32 Å². The number of nitrogens with one attached hydrogen (secondary N) is 1. The van der Waals surface area contributed by atoms with Gasteiger partial charge in [0.1, 0.15) is 5.82 Å². The average Bonchev–Trinajstić information content (AvgIpc) is 2.38. The lowest BCUT2D eigenvalue weighted by Crippen LogP contribution is -2.00. The van der Waals surface area contributed by atoms with Crippen LogP contribution in [0.5, 0.6) is 0 Å². The fourth-order valence-corrected chi connectivity index (χ4v) is 1.84. The van der Waals surface area contributed by atoms with Gasteiger partial charge in [0.05, 0.1) is 15.6 Å². The number of benzene rings is 2. The summed E-state index contributed by atoms with van der Waals surface area (Å²) in [5.74, 6) is -0.411. The Morgan fingerprint density at radius 3 is 2.74 bits per heavy atom. The van der Waals surface area contributed by atoms with Crippen molar-refractivity contribution in [2.24, 2.45) is 0 Å². The zero-order valence-electron chi connectivity index (χ0n) is 9.77. The summed E-state index contributed by atoms with van der Waals surface area (Å²) in [6.45, 7) is 0.368. The predicted molar refractivity (Wildman–Crippen MR) is 71.8 cm³/mol. The van der Waals surface area contributed by atoms with Gasteiger partial charge >= 0.3 is 0 Å². The Labute approximate surface area is 114 Å². The summed E-state index contributed by atoms with van der Waals surface area (Å²) >= 11 is 5.87. The predicted octanol–water partition coefficient (Wildman–Crippen LogP) is 4.00. The van der Waals surface area contributed by atoms with Crippen molar-refractivity contribution in [3.8, 4) is 0 Å². The molecule has 6 heteroatoms. The van der Waals surface area contributed by atoms with E-state index in [1.807, 2.05) is 0 Å². The summed E-state index contributed by atoms with van der Waals surface area (Å²) in [5.41, 5.74) is 1.36. The minimum absolute atomic E-state index is 0.0319. The van der Waals surface area contributed by atoms with Gasteiger partial charge in [-0.1, -0.05) is 23.7 Å². The van der Waals surface area contributed by atoms with Gasteiger partial charge in [-0.05, 0) is 23.8 Å². The quantitative estimate of drug-likeness (QED) is 0.680. The van der Waals surface area contributed by atoms with Gasteiger partial charge in [-0.15, -0.1) is 0 Å². The van der Waals surface area contributed by atoms with Crippen LogP contribution in [0.25, 0.3) is 0 Å². The van der Waals surface area contributed by atoms with E-state index in [9.17, 15) is 14.5 Å². The van der Waals surface area contributed by atoms with Crippen LogP contribution in [-0.2, 0) is 6.54 Å². The van der Waals surface area contributed by atoms with E-state index < -0.39 is 10.7 Å². The van der Waals surface area contributed by atoms with Crippen molar-refractivity contribution < 1.29 is 9.31 Å². The molecule has 0 bridgehead atoms. The van der Waals surface area contributed by atoms with Crippen LogP contribution in [0.4, 0.5) is 15.8 Å². The Balaban J connectivity index is 2.10. The molecular weight excluding hydrogens is 271 g/mol. The lowest BCUT2D eigenvalue weighted by atomic mass is 10.2. The summed E-state index contributed by atoms with van der Waals surface area (Å²) in [6, 6.07) is 10.3. The van der Waals surface area contributed by atoms with Crippen LogP contribution in [0.2, 0.25) is 5.02 Å². The third-order valence-corrected chi connectivity index (χ3v) is 2.85. The molecule has 0 fully saturated rings. The maximum absolute atomic E-state index is 12.9. The zero-order chi connectivity index (χ0) is 13.8. The van der Waals surface area contributed by atoms with E-state index in [2.05, 4.69) is 5.32 Å². The van der Waals surface area contributed by atoms with Crippen LogP contribution in [0, 0.1) is 15.9 Å². The van der Waals surface area contributed by atoms with E-state index in [0.29, 0.717) is 12.2 Å². The van der Waals surface area contributed by atoms with Gasteiger partial charge in [-0.25, -0.2) is 4.39 Å². The van der Waals surface area contributed by atoms with Crippen LogP contribution in [0.1, 0.15) is 5.56 Å². The molecular formula is C13H10ClFN2O2. The highest BCUT2D eigenvalue weighted by Crippen LogP contribution is 2.23. The minimum atomic E-state index is -0.450. The molecule has 4 nitrogen and oxygen atoms in total. The molecule has 0 unspecified atom stereocenters. The monoisotopic (exact) mass is 280 g/mol. The minimum Gasteiger partial charge on any atom is -0.380 e. The van der Waals surface area contributed by atoms with E-state index in [-0.39, 0.29) is 10.7 Å². The molecule has 98 valence electrons. The number of rotatable bonds is 4. The van der Waals surface area contributed by atoms with Gasteiger partial charge in [0.2, 0.25) is 0 Å². The van der Waals surface area contributed by atoms with Gasteiger partial charge in [0.25, 0.3) is 5.69 Å². The lowest BCUT2D eigenvalue weighted by molar-refractivity contribution is -0.384. The summed E-state index contributed by atoms with van der Waals surface area (Å²) in [4.78, 5) is 10.2. The smallest absolute Gasteiger partial charge is 0.269 e. The van der Waals surface area contributed by atoms with Crippen LogP contribution in [0.15, 0.2) is 42.5 Å². The molecule has 0 atom stereocenters. The average molecular weight is 281 g/mol. The van der Waals surface area contributed by atoms with Gasteiger partial charge in [0, 0.05) is 18.7 Å². The van der Waals surface area contributed by atoms with Crippen molar-refractivity contribution >= 4 is 23.0 Å². The van der Waals surface area contributed by atoms with Crippen molar-refractivity contribution in [2.45, 2.75) is 6.54 Å². The molecule has 0 aliphatic heterocycles. The van der Waals surface area contributed by atoms with Crippen molar-refractivity contribution in [1.29, 1.82) is 0 Å². The molecule has 0 aliphatic carbocycles. The van der Waals surface area contributed by atoms with Gasteiger partial charge < -0.3 is 5.32 Å². The van der Waals surface area contributed by atoms with E-state index >= 15 is 0 Å². The molecule has 19 heavy (non-hydrogen) atoms. The highest BCUT2D eigenvalue weighted by atomic mass is 35.5. The summed E-state index contributed by atoms with van der Waals surface area (Å²) in [5, 5.41) is 13.9. The van der Waals surface area contributed by atoms with Gasteiger partial charge in [0.15, 0.2) is 0 Å². The van der Waals surface area contributed by atoms with Crippen molar-refractivity contribution in [2.75, 3.05) is 5.32 Å².